The number of carbonyl (C=O) groups excluding carboxylic acids is 2. The van der Waals surface area contributed by atoms with Crippen LogP contribution in [0.2, 0.25) is 0 Å². The number of hydrogen-bond donors (Lipinski definition) is 1. The van der Waals surface area contributed by atoms with E-state index < -0.39 is 0 Å². The minimum absolute atomic E-state index is 0.0881. The molecule has 1 unspecified atom stereocenters. The molecule has 0 spiro atoms. The molecule has 1 atom stereocenters. The molecule has 3 aromatic rings. The van der Waals surface area contributed by atoms with E-state index in [0.717, 1.165) is 30.7 Å². The predicted octanol–water partition coefficient (Wildman–Crippen LogP) is 3.94. The van der Waals surface area contributed by atoms with Crippen LogP contribution >= 0.6 is 11.8 Å². The van der Waals surface area contributed by atoms with Crippen LogP contribution in [0.4, 0.5) is 11.4 Å². The average Bonchev–Trinajstić information content (AvgIpc) is 3.10. The second kappa shape index (κ2) is 9.28. The molecule has 0 saturated heterocycles. The number of hydrogen-bond acceptors (Lipinski definition) is 6. The fraction of sp³-hybridized carbons (Fsp3) is 0.435. The maximum Gasteiger partial charge on any atom is 0.253 e. The van der Waals surface area contributed by atoms with Gasteiger partial charge in [-0.2, -0.15) is 4.98 Å². The fourth-order valence-corrected chi connectivity index (χ4v) is 4.81. The summed E-state index contributed by atoms with van der Waals surface area (Å²) >= 11 is 1.29. The number of rotatable bonds is 6. The molecule has 1 N–H and O–H groups in total. The third-order valence-corrected chi connectivity index (χ3v) is 6.58. The third-order valence-electron chi connectivity index (χ3n) is 5.76. The van der Waals surface area contributed by atoms with Crippen LogP contribution < -0.4 is 10.2 Å². The van der Waals surface area contributed by atoms with Crippen molar-refractivity contribution in [1.82, 2.24) is 19.6 Å². The topological polar surface area (TPSA) is 92.5 Å². The van der Waals surface area contributed by atoms with Crippen LogP contribution in [0.3, 0.4) is 0 Å². The van der Waals surface area contributed by atoms with Crippen molar-refractivity contribution in [3.63, 3.8) is 0 Å². The van der Waals surface area contributed by atoms with Crippen molar-refractivity contribution in [3.8, 4) is 0 Å². The normalized spacial score (nSPS) is 16.1. The van der Waals surface area contributed by atoms with E-state index in [1.807, 2.05) is 45.0 Å². The molecule has 32 heavy (non-hydrogen) atoms. The second-order valence-corrected chi connectivity index (χ2v) is 9.08. The van der Waals surface area contributed by atoms with E-state index in [4.69, 9.17) is 0 Å². The first kappa shape index (κ1) is 22.3. The van der Waals surface area contributed by atoms with E-state index in [1.54, 1.807) is 9.42 Å². The molecule has 0 bridgehead atoms. The van der Waals surface area contributed by atoms with Crippen molar-refractivity contribution in [2.24, 2.45) is 0 Å². The van der Waals surface area contributed by atoms with Gasteiger partial charge >= 0.3 is 0 Å². The summed E-state index contributed by atoms with van der Waals surface area (Å²) < 4.78 is 1.78. The Morgan fingerprint density at radius 3 is 2.81 bits per heavy atom. The average molecular weight is 453 g/mol. The number of carbonyl (C=O) groups is 2. The summed E-state index contributed by atoms with van der Waals surface area (Å²) in [6, 6.07) is 7.15. The third kappa shape index (κ3) is 4.34. The van der Waals surface area contributed by atoms with Crippen molar-refractivity contribution in [2.75, 3.05) is 16.0 Å². The van der Waals surface area contributed by atoms with Crippen LogP contribution in [0.25, 0.3) is 5.78 Å². The van der Waals surface area contributed by atoms with Crippen LogP contribution in [0.5, 0.6) is 0 Å². The molecule has 3 heterocycles. The maximum absolute atomic E-state index is 13.2. The van der Waals surface area contributed by atoms with E-state index in [0.29, 0.717) is 22.3 Å². The molecule has 2 aromatic heterocycles. The van der Waals surface area contributed by atoms with Gasteiger partial charge in [-0.3, -0.25) is 9.59 Å². The van der Waals surface area contributed by atoms with Gasteiger partial charge in [0.05, 0.1) is 17.1 Å². The van der Waals surface area contributed by atoms with E-state index >= 15 is 0 Å². The molecular weight excluding hydrogens is 424 g/mol. The number of benzene rings is 1. The van der Waals surface area contributed by atoms with E-state index in [2.05, 4.69) is 27.3 Å². The Morgan fingerprint density at radius 1 is 1.25 bits per heavy atom. The smallest absolute Gasteiger partial charge is 0.253 e. The highest BCUT2D eigenvalue weighted by Crippen LogP contribution is 2.32. The van der Waals surface area contributed by atoms with Gasteiger partial charge in [-0.15, -0.1) is 5.10 Å². The molecule has 1 aromatic carbocycles. The lowest BCUT2D eigenvalue weighted by atomic mass is 10.1. The van der Waals surface area contributed by atoms with Gasteiger partial charge in [0.25, 0.3) is 5.78 Å². The van der Waals surface area contributed by atoms with Gasteiger partial charge in [0.2, 0.25) is 17.0 Å². The summed E-state index contributed by atoms with van der Waals surface area (Å²) in [4.78, 5) is 36.2. The van der Waals surface area contributed by atoms with Gasteiger partial charge in [0, 0.05) is 23.9 Å². The number of thioether (sulfide) groups is 1. The molecule has 8 nitrogen and oxygen atoms in total. The Morgan fingerprint density at radius 2 is 2.03 bits per heavy atom. The Kier molecular flexibility index (Phi) is 6.45. The number of nitrogens with zero attached hydrogens (tertiary/aromatic N) is 5. The second-order valence-electron chi connectivity index (χ2n) is 8.14. The highest BCUT2D eigenvalue weighted by atomic mass is 32.2. The minimum Gasteiger partial charge on any atom is -0.324 e. The summed E-state index contributed by atoms with van der Waals surface area (Å²) in [5, 5.41) is 8.01. The monoisotopic (exact) mass is 452 g/mol. The molecular formula is C23H28N6O2S. The number of aryl methyl sites for hydroxylation is 2. The molecule has 9 heteroatoms. The standard InChI is InChI=1S/C23H28N6O2S/c1-5-6-9-17-15(3)24-22-26-23(27-29(22)16(17)4)32-13-21(31)28-14(2)12-20(30)25-18-10-7-8-11-19(18)28/h7-8,10-11,14H,5-6,9,12-13H2,1-4H3,(H,25,30). The van der Waals surface area contributed by atoms with Gasteiger partial charge in [-0.25, -0.2) is 9.50 Å². The zero-order valence-electron chi connectivity index (χ0n) is 18.9. The lowest BCUT2D eigenvalue weighted by Gasteiger charge is -2.27. The van der Waals surface area contributed by atoms with E-state index in [9.17, 15) is 9.59 Å². The van der Waals surface area contributed by atoms with Gasteiger partial charge in [-0.1, -0.05) is 37.2 Å². The molecule has 0 fully saturated rings. The predicted molar refractivity (Wildman–Crippen MR) is 126 cm³/mol. The summed E-state index contributed by atoms with van der Waals surface area (Å²) in [5.74, 6) is 0.545. The Bertz CT molecular complexity index is 1170. The summed E-state index contributed by atoms with van der Waals surface area (Å²) in [6.45, 7) is 8.12. The number of amides is 2. The van der Waals surface area contributed by atoms with E-state index in [-0.39, 0.29) is 30.0 Å². The number of nitrogens with one attached hydrogen (secondary N) is 1. The highest BCUT2D eigenvalue weighted by Gasteiger charge is 2.29. The minimum atomic E-state index is -0.242. The van der Waals surface area contributed by atoms with Crippen LogP contribution in [0, 0.1) is 13.8 Å². The molecule has 0 saturated carbocycles. The van der Waals surface area contributed by atoms with Crippen molar-refractivity contribution in [3.05, 3.63) is 41.2 Å². The first-order valence-corrected chi connectivity index (χ1v) is 11.9. The van der Waals surface area contributed by atoms with Crippen LogP contribution in [-0.2, 0) is 16.0 Å². The zero-order chi connectivity index (χ0) is 22.8. The van der Waals surface area contributed by atoms with Crippen LogP contribution in [0.1, 0.15) is 50.1 Å². The van der Waals surface area contributed by atoms with Crippen molar-refractivity contribution >= 4 is 40.7 Å². The summed E-state index contributed by atoms with van der Waals surface area (Å²) in [5.41, 5.74) is 4.61. The van der Waals surface area contributed by atoms with Crippen LogP contribution in [0.15, 0.2) is 29.4 Å². The fourth-order valence-electron chi connectivity index (χ4n) is 4.13. The van der Waals surface area contributed by atoms with Gasteiger partial charge in [-0.05, 0) is 51.3 Å². The first-order chi connectivity index (χ1) is 15.4. The van der Waals surface area contributed by atoms with Crippen molar-refractivity contribution in [1.29, 1.82) is 0 Å². The Hall–Kier alpha value is -2.94. The zero-order valence-corrected chi connectivity index (χ0v) is 19.7. The van der Waals surface area contributed by atoms with Crippen LogP contribution in [-0.4, -0.2) is 43.2 Å². The number of unbranched alkanes of at least 4 members (excludes halogenated alkanes) is 1. The van der Waals surface area contributed by atoms with Crippen molar-refractivity contribution < 1.29 is 9.59 Å². The SMILES string of the molecule is CCCCc1c(C)nc2nc(SCC(=O)N3c4ccccc4NC(=O)CC3C)nn2c1C. The number of anilines is 2. The lowest BCUT2D eigenvalue weighted by Crippen LogP contribution is -2.40. The van der Waals surface area contributed by atoms with Gasteiger partial charge in [0.1, 0.15) is 0 Å². The van der Waals surface area contributed by atoms with Gasteiger partial charge < -0.3 is 10.2 Å². The Balaban J connectivity index is 1.55. The lowest BCUT2D eigenvalue weighted by molar-refractivity contribution is -0.117. The first-order valence-electron chi connectivity index (χ1n) is 11.0. The Labute approximate surface area is 191 Å². The number of para-hydroxylation sites is 2. The highest BCUT2D eigenvalue weighted by molar-refractivity contribution is 7.99. The van der Waals surface area contributed by atoms with Gasteiger partial charge in [0.15, 0.2) is 0 Å². The quantitative estimate of drug-likeness (QED) is 0.570. The van der Waals surface area contributed by atoms with Crippen molar-refractivity contribution in [2.45, 2.75) is 64.6 Å². The summed E-state index contributed by atoms with van der Waals surface area (Å²) in [6.07, 6.45) is 3.45. The number of aromatic nitrogens is 4. The molecule has 0 aliphatic carbocycles. The molecule has 4 rings (SSSR count). The maximum atomic E-state index is 13.2. The molecule has 168 valence electrons. The van der Waals surface area contributed by atoms with E-state index in [1.165, 1.54) is 17.3 Å². The molecule has 1 aliphatic heterocycles. The largest absolute Gasteiger partial charge is 0.324 e. The molecule has 2 amide bonds. The summed E-state index contributed by atoms with van der Waals surface area (Å²) in [7, 11) is 0. The number of fused-ring (bicyclic) bond motifs is 2. The molecule has 0 radical (unpaired) electrons. The molecule has 1 aliphatic rings.